The number of hydrogen-bond donors (Lipinski definition) is 3. The molecule has 1 saturated heterocycles. The predicted octanol–water partition coefficient (Wildman–Crippen LogP) is 3.04. The Labute approximate surface area is 158 Å². The number of nitrogens with one attached hydrogen (secondary N) is 2. The van der Waals surface area contributed by atoms with Gasteiger partial charge in [-0.25, -0.2) is 0 Å². The molecule has 1 fully saturated rings. The van der Waals surface area contributed by atoms with Gasteiger partial charge in [-0.15, -0.1) is 13.2 Å². The lowest BCUT2D eigenvalue weighted by Gasteiger charge is -2.29. The van der Waals surface area contributed by atoms with Crippen LogP contribution in [0.2, 0.25) is 0 Å². The van der Waals surface area contributed by atoms with E-state index < -0.39 is 12.3 Å². The standard InChI is InChI=1S/C16H17F3N2O3.C2H4O2/c17-16(18,19)23-13-3-1-10(2-4-13)7-12-8-11(5-6-20-12)14-9-15(22)21-24-14;1-2(3)4/h1-4,9,11-12,20H,5-8H2,(H,21,22);1H3,(H,3,4)/t11-,12+;/m1./s1. The molecule has 2 atom stereocenters. The van der Waals surface area contributed by atoms with Gasteiger partial charge in [-0.2, -0.15) is 5.16 Å². The first-order valence-electron chi connectivity index (χ1n) is 8.58. The van der Waals surface area contributed by atoms with Crippen molar-refractivity contribution < 1.29 is 32.3 Å². The van der Waals surface area contributed by atoms with E-state index in [1.165, 1.54) is 18.2 Å². The molecule has 0 amide bonds. The summed E-state index contributed by atoms with van der Waals surface area (Å²) in [6.07, 6.45) is -2.34. The van der Waals surface area contributed by atoms with Crippen LogP contribution in [-0.2, 0) is 11.2 Å². The first-order chi connectivity index (χ1) is 13.1. The number of piperidine rings is 1. The minimum absolute atomic E-state index is 0.156. The maximum Gasteiger partial charge on any atom is 0.573 e. The molecule has 2 aromatic rings. The number of carbonyl (C=O) groups is 1. The van der Waals surface area contributed by atoms with Crippen LogP contribution in [0.4, 0.5) is 13.2 Å². The van der Waals surface area contributed by atoms with Gasteiger partial charge in [0.25, 0.3) is 11.5 Å². The summed E-state index contributed by atoms with van der Waals surface area (Å²) in [6.45, 7) is 1.87. The maximum absolute atomic E-state index is 12.2. The summed E-state index contributed by atoms with van der Waals surface area (Å²) in [4.78, 5) is 20.2. The fraction of sp³-hybridized carbons (Fsp3) is 0.444. The Balaban J connectivity index is 0.000000640. The van der Waals surface area contributed by atoms with Crippen molar-refractivity contribution in [3.8, 4) is 5.75 Å². The molecule has 0 unspecified atom stereocenters. The summed E-state index contributed by atoms with van der Waals surface area (Å²) in [5.41, 5.74) is 0.665. The van der Waals surface area contributed by atoms with Crippen LogP contribution in [0.3, 0.4) is 0 Å². The zero-order valence-electron chi connectivity index (χ0n) is 15.1. The molecule has 7 nitrogen and oxygen atoms in total. The number of H-pyrrole nitrogens is 1. The Morgan fingerprint density at radius 2 is 1.96 bits per heavy atom. The number of hydrogen-bond acceptors (Lipinski definition) is 5. The van der Waals surface area contributed by atoms with Crippen molar-refractivity contribution in [2.24, 2.45) is 0 Å². The van der Waals surface area contributed by atoms with Crippen molar-refractivity contribution >= 4 is 5.97 Å². The molecule has 0 bridgehead atoms. The molecule has 0 aliphatic carbocycles. The van der Waals surface area contributed by atoms with Crippen molar-refractivity contribution in [1.29, 1.82) is 0 Å². The minimum Gasteiger partial charge on any atom is -0.481 e. The zero-order chi connectivity index (χ0) is 20.7. The van der Waals surface area contributed by atoms with E-state index in [1.807, 2.05) is 0 Å². The normalized spacial score (nSPS) is 19.4. The van der Waals surface area contributed by atoms with Gasteiger partial charge in [-0.1, -0.05) is 12.1 Å². The summed E-state index contributed by atoms with van der Waals surface area (Å²) in [6, 6.07) is 7.52. The van der Waals surface area contributed by atoms with E-state index >= 15 is 0 Å². The van der Waals surface area contributed by atoms with Crippen LogP contribution in [0.1, 0.15) is 37.0 Å². The molecule has 28 heavy (non-hydrogen) atoms. The van der Waals surface area contributed by atoms with Crippen LogP contribution in [0.25, 0.3) is 0 Å². The summed E-state index contributed by atoms with van der Waals surface area (Å²) in [5, 5.41) is 13.1. The van der Waals surface area contributed by atoms with Crippen molar-refractivity contribution in [2.45, 2.75) is 44.5 Å². The number of ether oxygens (including phenoxy) is 1. The molecule has 0 saturated carbocycles. The van der Waals surface area contributed by atoms with Crippen molar-refractivity contribution in [2.75, 3.05) is 6.54 Å². The van der Waals surface area contributed by atoms with Crippen LogP contribution < -0.4 is 15.6 Å². The predicted molar refractivity (Wildman–Crippen MR) is 93.2 cm³/mol. The highest BCUT2D eigenvalue weighted by Crippen LogP contribution is 2.28. The van der Waals surface area contributed by atoms with E-state index in [4.69, 9.17) is 14.4 Å². The lowest BCUT2D eigenvalue weighted by atomic mass is 9.87. The Bertz CT molecular complexity index is 810. The molecule has 1 aliphatic rings. The highest BCUT2D eigenvalue weighted by molar-refractivity contribution is 5.62. The molecule has 1 aromatic carbocycles. The summed E-state index contributed by atoms with van der Waals surface area (Å²) in [5.74, 6) is -0.252. The van der Waals surface area contributed by atoms with Gasteiger partial charge in [0.2, 0.25) is 0 Å². The van der Waals surface area contributed by atoms with Crippen LogP contribution >= 0.6 is 0 Å². The van der Waals surface area contributed by atoms with E-state index in [0.717, 1.165) is 31.9 Å². The Morgan fingerprint density at radius 1 is 1.32 bits per heavy atom. The minimum atomic E-state index is -4.68. The second kappa shape index (κ2) is 9.45. The average Bonchev–Trinajstić information content (AvgIpc) is 3.02. The fourth-order valence-corrected chi connectivity index (χ4v) is 3.03. The largest absolute Gasteiger partial charge is 0.573 e. The number of alkyl halides is 3. The van der Waals surface area contributed by atoms with Crippen LogP contribution in [0, 0.1) is 0 Å². The van der Waals surface area contributed by atoms with Crippen molar-refractivity contribution in [1.82, 2.24) is 10.5 Å². The Hall–Kier alpha value is -2.75. The van der Waals surface area contributed by atoms with Gasteiger partial charge in [0.1, 0.15) is 11.5 Å². The molecule has 3 N–H and O–H groups in total. The molecular formula is C18H21F3N2O5. The topological polar surface area (TPSA) is 105 Å². The average molecular weight is 402 g/mol. The maximum atomic E-state index is 12.2. The quantitative estimate of drug-likeness (QED) is 0.726. The van der Waals surface area contributed by atoms with Gasteiger partial charge in [-0.05, 0) is 43.5 Å². The van der Waals surface area contributed by atoms with Gasteiger partial charge in [0.05, 0.1) is 0 Å². The molecule has 1 aliphatic heterocycles. The number of benzene rings is 1. The highest BCUT2D eigenvalue weighted by Gasteiger charge is 2.31. The van der Waals surface area contributed by atoms with Crippen molar-refractivity contribution in [3.05, 3.63) is 52.0 Å². The molecule has 154 valence electrons. The van der Waals surface area contributed by atoms with Gasteiger partial charge >= 0.3 is 6.36 Å². The zero-order valence-corrected chi connectivity index (χ0v) is 15.1. The highest BCUT2D eigenvalue weighted by atomic mass is 19.4. The third-order valence-electron chi connectivity index (χ3n) is 4.08. The smallest absolute Gasteiger partial charge is 0.481 e. The second-order valence-electron chi connectivity index (χ2n) is 6.40. The number of aromatic nitrogens is 1. The van der Waals surface area contributed by atoms with Gasteiger partial charge in [0.15, 0.2) is 0 Å². The Morgan fingerprint density at radius 3 is 2.50 bits per heavy atom. The Kier molecular flexibility index (Phi) is 7.27. The lowest BCUT2D eigenvalue weighted by molar-refractivity contribution is -0.274. The van der Waals surface area contributed by atoms with Gasteiger partial charge < -0.3 is 19.7 Å². The number of halogens is 3. The van der Waals surface area contributed by atoms with Gasteiger partial charge in [-0.3, -0.25) is 9.59 Å². The van der Waals surface area contributed by atoms with E-state index in [-0.39, 0.29) is 23.3 Å². The third-order valence-corrected chi connectivity index (χ3v) is 4.08. The molecular weight excluding hydrogens is 381 g/mol. The fourth-order valence-electron chi connectivity index (χ4n) is 3.03. The second-order valence-corrected chi connectivity index (χ2v) is 6.40. The van der Waals surface area contributed by atoms with E-state index in [9.17, 15) is 18.0 Å². The number of carboxylic acids is 1. The lowest BCUT2D eigenvalue weighted by Crippen LogP contribution is -2.38. The van der Waals surface area contributed by atoms with Crippen LogP contribution in [0.15, 0.2) is 39.6 Å². The number of aliphatic carboxylic acids is 1. The third kappa shape index (κ3) is 7.47. The molecule has 2 heterocycles. The first-order valence-corrected chi connectivity index (χ1v) is 8.58. The summed E-state index contributed by atoms with van der Waals surface area (Å²) in [7, 11) is 0. The number of aromatic amines is 1. The van der Waals surface area contributed by atoms with E-state index in [2.05, 4.69) is 15.2 Å². The summed E-state index contributed by atoms with van der Waals surface area (Å²) < 4.78 is 45.5. The number of rotatable bonds is 4. The SMILES string of the molecule is CC(=O)O.O=c1cc([C@@H]2CCN[C@@H](Cc3ccc(OC(F)(F)F)cc3)C2)o[nH]1. The molecule has 0 spiro atoms. The molecule has 3 rings (SSSR count). The van der Waals surface area contributed by atoms with Gasteiger partial charge in [0, 0.05) is 24.9 Å². The molecule has 1 aromatic heterocycles. The van der Waals surface area contributed by atoms with Crippen LogP contribution in [0.5, 0.6) is 5.75 Å². The van der Waals surface area contributed by atoms with Crippen molar-refractivity contribution in [3.63, 3.8) is 0 Å². The van der Waals surface area contributed by atoms with E-state index in [1.54, 1.807) is 12.1 Å². The monoisotopic (exact) mass is 402 g/mol. The van der Waals surface area contributed by atoms with E-state index in [0.29, 0.717) is 12.2 Å². The molecule has 10 heteroatoms. The van der Waals surface area contributed by atoms with Crippen LogP contribution in [-0.4, -0.2) is 35.2 Å². The number of carboxylic acid groups (broad SMARTS) is 1. The first kappa shape index (κ1) is 21.5. The summed E-state index contributed by atoms with van der Waals surface area (Å²) >= 11 is 0. The molecule has 0 radical (unpaired) electrons.